The maximum atomic E-state index is 5.88. The third-order valence-electron chi connectivity index (χ3n) is 2.87. The molecule has 0 aliphatic rings. The standard InChI is InChI=1S/C15H11BrO2/c1-17-11-7-8-13-12(9-11)14(16)15(18-13)10-5-3-2-4-6-10/h2-9H,1H3. The SMILES string of the molecule is COc1ccc2oc(-c3ccccc3)c(Br)c2c1. The summed E-state index contributed by atoms with van der Waals surface area (Å²) in [6.45, 7) is 0. The van der Waals surface area contributed by atoms with E-state index in [0.717, 1.165) is 32.5 Å². The van der Waals surface area contributed by atoms with Crippen molar-refractivity contribution < 1.29 is 9.15 Å². The van der Waals surface area contributed by atoms with E-state index in [1.54, 1.807) is 7.11 Å². The van der Waals surface area contributed by atoms with E-state index in [1.807, 2.05) is 48.5 Å². The molecule has 1 aromatic heterocycles. The summed E-state index contributed by atoms with van der Waals surface area (Å²) in [5.74, 6) is 1.67. The van der Waals surface area contributed by atoms with Gasteiger partial charge in [-0.15, -0.1) is 0 Å². The molecule has 0 amide bonds. The maximum absolute atomic E-state index is 5.88. The van der Waals surface area contributed by atoms with E-state index in [-0.39, 0.29) is 0 Å². The highest BCUT2D eigenvalue weighted by Crippen LogP contribution is 2.38. The van der Waals surface area contributed by atoms with E-state index in [0.29, 0.717) is 0 Å². The second-order valence-electron chi connectivity index (χ2n) is 3.97. The van der Waals surface area contributed by atoms with E-state index in [1.165, 1.54) is 0 Å². The van der Waals surface area contributed by atoms with E-state index in [2.05, 4.69) is 15.9 Å². The van der Waals surface area contributed by atoms with Crippen molar-refractivity contribution in [2.75, 3.05) is 7.11 Å². The molecule has 2 aromatic carbocycles. The molecule has 0 aliphatic carbocycles. The second-order valence-corrected chi connectivity index (χ2v) is 4.77. The van der Waals surface area contributed by atoms with Gasteiger partial charge in [-0.2, -0.15) is 0 Å². The molecule has 1 heterocycles. The largest absolute Gasteiger partial charge is 0.497 e. The molecule has 0 N–H and O–H groups in total. The van der Waals surface area contributed by atoms with Crippen molar-refractivity contribution >= 4 is 26.9 Å². The Kier molecular flexibility index (Phi) is 2.84. The first-order chi connectivity index (χ1) is 8.79. The quantitative estimate of drug-likeness (QED) is 0.674. The lowest BCUT2D eigenvalue weighted by Crippen LogP contribution is -1.80. The summed E-state index contributed by atoms with van der Waals surface area (Å²) in [6.07, 6.45) is 0. The Labute approximate surface area is 113 Å². The lowest BCUT2D eigenvalue weighted by molar-refractivity contribution is 0.415. The molecule has 3 aromatic rings. The van der Waals surface area contributed by atoms with Gasteiger partial charge in [-0.25, -0.2) is 0 Å². The Morgan fingerprint density at radius 3 is 2.56 bits per heavy atom. The first-order valence-electron chi connectivity index (χ1n) is 5.61. The van der Waals surface area contributed by atoms with Crippen LogP contribution in [0.4, 0.5) is 0 Å². The molecule has 0 bridgehead atoms. The molecule has 3 heteroatoms. The Balaban J connectivity index is 2.23. The van der Waals surface area contributed by atoms with Gasteiger partial charge in [-0.3, -0.25) is 0 Å². The summed E-state index contributed by atoms with van der Waals surface area (Å²) in [5, 5.41) is 1.02. The van der Waals surface area contributed by atoms with E-state index >= 15 is 0 Å². The third-order valence-corrected chi connectivity index (χ3v) is 3.66. The zero-order chi connectivity index (χ0) is 12.5. The highest BCUT2D eigenvalue weighted by molar-refractivity contribution is 9.10. The molecular weight excluding hydrogens is 292 g/mol. The van der Waals surface area contributed by atoms with Crippen molar-refractivity contribution in [3.63, 3.8) is 0 Å². The van der Waals surface area contributed by atoms with Gasteiger partial charge in [0.15, 0.2) is 0 Å². The summed E-state index contributed by atoms with van der Waals surface area (Å²) in [6, 6.07) is 15.8. The number of halogens is 1. The molecule has 90 valence electrons. The molecule has 0 saturated heterocycles. The highest BCUT2D eigenvalue weighted by atomic mass is 79.9. The smallest absolute Gasteiger partial charge is 0.149 e. The van der Waals surface area contributed by atoms with Crippen LogP contribution in [0.15, 0.2) is 57.4 Å². The van der Waals surface area contributed by atoms with Crippen molar-refractivity contribution in [1.82, 2.24) is 0 Å². The average Bonchev–Trinajstić information content (AvgIpc) is 2.77. The van der Waals surface area contributed by atoms with Crippen LogP contribution in [0.25, 0.3) is 22.3 Å². The van der Waals surface area contributed by atoms with Crippen LogP contribution in [-0.2, 0) is 0 Å². The fourth-order valence-electron chi connectivity index (χ4n) is 1.95. The summed E-state index contributed by atoms with van der Waals surface area (Å²) in [4.78, 5) is 0. The Bertz CT molecular complexity index is 686. The predicted octanol–water partition coefficient (Wildman–Crippen LogP) is 4.87. The molecule has 0 unspecified atom stereocenters. The number of hydrogen-bond acceptors (Lipinski definition) is 2. The van der Waals surface area contributed by atoms with Gasteiger partial charge >= 0.3 is 0 Å². The minimum Gasteiger partial charge on any atom is -0.497 e. The topological polar surface area (TPSA) is 22.4 Å². The van der Waals surface area contributed by atoms with Crippen molar-refractivity contribution in [1.29, 1.82) is 0 Å². The van der Waals surface area contributed by atoms with Crippen LogP contribution in [0.2, 0.25) is 0 Å². The number of ether oxygens (including phenoxy) is 1. The summed E-state index contributed by atoms with van der Waals surface area (Å²) in [7, 11) is 1.66. The molecule has 0 radical (unpaired) electrons. The molecule has 2 nitrogen and oxygen atoms in total. The molecule has 3 rings (SSSR count). The fourth-order valence-corrected chi connectivity index (χ4v) is 2.57. The van der Waals surface area contributed by atoms with Crippen LogP contribution >= 0.6 is 15.9 Å². The molecule has 0 fully saturated rings. The zero-order valence-corrected chi connectivity index (χ0v) is 11.4. The Morgan fingerprint density at radius 1 is 1.06 bits per heavy atom. The van der Waals surface area contributed by atoms with Crippen LogP contribution in [0.5, 0.6) is 5.75 Å². The van der Waals surface area contributed by atoms with Crippen LogP contribution in [-0.4, -0.2) is 7.11 Å². The lowest BCUT2D eigenvalue weighted by Gasteiger charge is -1.97. The van der Waals surface area contributed by atoms with Gasteiger partial charge in [0, 0.05) is 10.9 Å². The van der Waals surface area contributed by atoms with E-state index < -0.39 is 0 Å². The van der Waals surface area contributed by atoms with Crippen molar-refractivity contribution in [2.45, 2.75) is 0 Å². The number of benzene rings is 2. The maximum Gasteiger partial charge on any atom is 0.149 e. The molecular formula is C15H11BrO2. The molecule has 0 atom stereocenters. The number of hydrogen-bond donors (Lipinski definition) is 0. The van der Waals surface area contributed by atoms with Gasteiger partial charge in [0.1, 0.15) is 17.1 Å². The fraction of sp³-hybridized carbons (Fsp3) is 0.0667. The van der Waals surface area contributed by atoms with Crippen LogP contribution in [0, 0.1) is 0 Å². The number of furan rings is 1. The van der Waals surface area contributed by atoms with Gasteiger partial charge in [-0.05, 0) is 34.1 Å². The van der Waals surface area contributed by atoms with Gasteiger partial charge in [0.25, 0.3) is 0 Å². The predicted molar refractivity (Wildman–Crippen MR) is 75.9 cm³/mol. The zero-order valence-electron chi connectivity index (χ0n) is 9.81. The number of methoxy groups -OCH3 is 1. The number of fused-ring (bicyclic) bond motifs is 1. The van der Waals surface area contributed by atoms with Gasteiger partial charge in [-0.1, -0.05) is 30.3 Å². The summed E-state index contributed by atoms with van der Waals surface area (Å²) in [5.41, 5.74) is 1.90. The Hall–Kier alpha value is -1.74. The third kappa shape index (κ3) is 1.81. The second kappa shape index (κ2) is 4.50. The van der Waals surface area contributed by atoms with Crippen molar-refractivity contribution in [2.24, 2.45) is 0 Å². The van der Waals surface area contributed by atoms with E-state index in [9.17, 15) is 0 Å². The van der Waals surface area contributed by atoms with Gasteiger partial charge in [0.2, 0.25) is 0 Å². The summed E-state index contributed by atoms with van der Waals surface area (Å²) >= 11 is 3.60. The molecule has 0 saturated carbocycles. The average molecular weight is 303 g/mol. The van der Waals surface area contributed by atoms with E-state index in [4.69, 9.17) is 9.15 Å². The lowest BCUT2D eigenvalue weighted by atomic mass is 10.1. The minimum absolute atomic E-state index is 0.823. The van der Waals surface area contributed by atoms with Crippen LogP contribution in [0.1, 0.15) is 0 Å². The minimum atomic E-state index is 0.823. The van der Waals surface area contributed by atoms with Gasteiger partial charge < -0.3 is 9.15 Å². The first-order valence-corrected chi connectivity index (χ1v) is 6.40. The summed E-state index contributed by atoms with van der Waals surface area (Å²) < 4.78 is 12.1. The normalized spacial score (nSPS) is 10.8. The van der Waals surface area contributed by atoms with Crippen molar-refractivity contribution in [3.05, 3.63) is 53.0 Å². The van der Waals surface area contributed by atoms with Crippen LogP contribution < -0.4 is 4.74 Å². The highest BCUT2D eigenvalue weighted by Gasteiger charge is 2.13. The monoisotopic (exact) mass is 302 g/mol. The number of rotatable bonds is 2. The molecule has 18 heavy (non-hydrogen) atoms. The van der Waals surface area contributed by atoms with Crippen LogP contribution in [0.3, 0.4) is 0 Å². The van der Waals surface area contributed by atoms with Crippen molar-refractivity contribution in [3.8, 4) is 17.1 Å². The molecule has 0 aliphatic heterocycles. The Morgan fingerprint density at radius 2 is 1.83 bits per heavy atom. The van der Waals surface area contributed by atoms with Gasteiger partial charge in [0.05, 0.1) is 11.6 Å². The molecule has 0 spiro atoms. The first kappa shape index (κ1) is 11.4.